The molecule has 0 aromatic heterocycles. The van der Waals surface area contributed by atoms with E-state index >= 15 is 0 Å². The largest absolute Gasteiger partial charge is 0.455 e. The first-order valence-electron chi connectivity index (χ1n) is 9.89. The van der Waals surface area contributed by atoms with Gasteiger partial charge in [-0.3, -0.25) is 0 Å². The Bertz CT molecular complexity index is 1110. The number of benzene rings is 4. The molecule has 4 aromatic rings. The number of ether oxygens (including phenoxy) is 1. The molecule has 4 aromatic carbocycles. The van der Waals surface area contributed by atoms with Gasteiger partial charge in [0.1, 0.15) is 11.5 Å². The van der Waals surface area contributed by atoms with Crippen LogP contribution >= 0.6 is 7.92 Å². The van der Waals surface area contributed by atoms with Crippen LogP contribution in [0.2, 0.25) is 0 Å². The van der Waals surface area contributed by atoms with Crippen molar-refractivity contribution in [2.75, 3.05) is 0 Å². The summed E-state index contributed by atoms with van der Waals surface area (Å²) in [4.78, 5) is 0. The van der Waals surface area contributed by atoms with Gasteiger partial charge in [0.25, 0.3) is 0 Å². The van der Waals surface area contributed by atoms with E-state index in [0.29, 0.717) is 0 Å². The van der Waals surface area contributed by atoms with Crippen LogP contribution in [0.15, 0.2) is 97.1 Å². The molecule has 0 bridgehead atoms. The SMILES string of the molecule is CC1(C)c2ccc[c]c2Oc2c(P(c3ccccc3)c3ccccc3)cccc21. The van der Waals surface area contributed by atoms with Crippen LogP contribution < -0.4 is 20.7 Å². The average molecular weight is 393 g/mol. The zero-order valence-electron chi connectivity index (χ0n) is 16.6. The van der Waals surface area contributed by atoms with E-state index in [1.807, 2.05) is 12.1 Å². The number of para-hydroxylation sites is 2. The molecule has 0 spiro atoms. The van der Waals surface area contributed by atoms with Crippen LogP contribution in [-0.4, -0.2) is 0 Å². The van der Waals surface area contributed by atoms with Crippen molar-refractivity contribution in [1.82, 2.24) is 0 Å². The quantitative estimate of drug-likeness (QED) is 0.407. The lowest BCUT2D eigenvalue weighted by molar-refractivity contribution is 0.420. The van der Waals surface area contributed by atoms with E-state index in [1.165, 1.54) is 27.0 Å². The minimum Gasteiger partial charge on any atom is -0.455 e. The van der Waals surface area contributed by atoms with Gasteiger partial charge in [-0.05, 0) is 18.5 Å². The van der Waals surface area contributed by atoms with Crippen molar-refractivity contribution >= 4 is 23.8 Å². The van der Waals surface area contributed by atoms with Gasteiger partial charge in [0.15, 0.2) is 0 Å². The van der Waals surface area contributed by atoms with E-state index in [4.69, 9.17) is 4.74 Å². The van der Waals surface area contributed by atoms with E-state index in [1.54, 1.807) is 0 Å². The van der Waals surface area contributed by atoms with Gasteiger partial charge < -0.3 is 4.74 Å². The predicted molar refractivity (Wildman–Crippen MR) is 123 cm³/mol. The molecule has 0 saturated heterocycles. The molecule has 0 unspecified atom stereocenters. The lowest BCUT2D eigenvalue weighted by Gasteiger charge is -2.36. The molecule has 29 heavy (non-hydrogen) atoms. The van der Waals surface area contributed by atoms with Crippen molar-refractivity contribution in [3.63, 3.8) is 0 Å². The Balaban J connectivity index is 1.75. The molecule has 1 radical (unpaired) electrons. The molecule has 0 atom stereocenters. The Hall–Kier alpha value is -2.89. The minimum absolute atomic E-state index is 0.134. The van der Waals surface area contributed by atoms with Crippen LogP contribution in [0.25, 0.3) is 0 Å². The van der Waals surface area contributed by atoms with Crippen molar-refractivity contribution in [3.05, 3.63) is 114 Å². The highest BCUT2D eigenvalue weighted by Gasteiger charge is 2.36. The summed E-state index contributed by atoms with van der Waals surface area (Å²) in [5.41, 5.74) is 2.29. The van der Waals surface area contributed by atoms with Crippen LogP contribution in [0, 0.1) is 6.07 Å². The Morgan fingerprint density at radius 2 is 1.31 bits per heavy atom. The summed E-state index contributed by atoms with van der Waals surface area (Å²) < 4.78 is 6.53. The molecule has 0 fully saturated rings. The maximum absolute atomic E-state index is 6.53. The summed E-state index contributed by atoms with van der Waals surface area (Å²) in [5, 5.41) is 3.91. The van der Waals surface area contributed by atoms with E-state index < -0.39 is 7.92 Å². The Kier molecular flexibility index (Phi) is 4.49. The van der Waals surface area contributed by atoms with Crippen LogP contribution in [0.1, 0.15) is 25.0 Å². The third-order valence-corrected chi connectivity index (χ3v) is 8.10. The molecule has 0 saturated carbocycles. The van der Waals surface area contributed by atoms with E-state index in [-0.39, 0.29) is 5.41 Å². The van der Waals surface area contributed by atoms with Gasteiger partial charge in [0, 0.05) is 27.9 Å². The third-order valence-electron chi connectivity index (χ3n) is 5.63. The highest BCUT2D eigenvalue weighted by atomic mass is 31.1. The maximum Gasteiger partial charge on any atom is 0.139 e. The number of hydrogen-bond donors (Lipinski definition) is 0. The van der Waals surface area contributed by atoms with Gasteiger partial charge in [-0.1, -0.05) is 111 Å². The summed E-state index contributed by atoms with van der Waals surface area (Å²) >= 11 is 0. The minimum atomic E-state index is -0.730. The van der Waals surface area contributed by atoms with Crippen molar-refractivity contribution in [3.8, 4) is 11.5 Å². The third kappa shape index (κ3) is 3.07. The number of hydrogen-bond acceptors (Lipinski definition) is 1. The zero-order chi connectivity index (χ0) is 19.8. The summed E-state index contributed by atoms with van der Waals surface area (Å²) in [6, 6.07) is 37.6. The Labute approximate surface area is 173 Å². The molecular weight excluding hydrogens is 371 g/mol. The predicted octanol–water partition coefficient (Wildman–Crippen LogP) is 5.68. The van der Waals surface area contributed by atoms with Gasteiger partial charge in [0.05, 0.1) is 0 Å². The normalized spacial score (nSPS) is 14.0. The monoisotopic (exact) mass is 393 g/mol. The van der Waals surface area contributed by atoms with Gasteiger partial charge in [-0.15, -0.1) is 0 Å². The van der Waals surface area contributed by atoms with Gasteiger partial charge >= 0.3 is 0 Å². The molecule has 1 aliphatic heterocycles. The first-order chi connectivity index (χ1) is 14.2. The fourth-order valence-electron chi connectivity index (χ4n) is 4.13. The molecule has 0 aliphatic carbocycles. The molecule has 1 heterocycles. The van der Waals surface area contributed by atoms with Crippen LogP contribution in [0.3, 0.4) is 0 Å². The van der Waals surface area contributed by atoms with Crippen LogP contribution in [0.5, 0.6) is 11.5 Å². The van der Waals surface area contributed by atoms with Crippen molar-refractivity contribution in [2.45, 2.75) is 19.3 Å². The Morgan fingerprint density at radius 3 is 1.97 bits per heavy atom. The molecule has 5 rings (SSSR count). The molecule has 0 N–H and O–H groups in total. The lowest BCUT2D eigenvalue weighted by Crippen LogP contribution is -2.29. The summed E-state index contributed by atoms with van der Waals surface area (Å²) in [6.07, 6.45) is 0. The summed E-state index contributed by atoms with van der Waals surface area (Å²) in [6.45, 7) is 4.55. The van der Waals surface area contributed by atoms with E-state index in [0.717, 1.165) is 11.5 Å². The van der Waals surface area contributed by atoms with Crippen LogP contribution in [-0.2, 0) is 5.41 Å². The first-order valence-corrected chi connectivity index (χ1v) is 11.2. The molecule has 0 amide bonds. The second kappa shape index (κ2) is 7.17. The van der Waals surface area contributed by atoms with Gasteiger partial charge in [-0.2, -0.15) is 0 Å². The molecular formula is C27H22OP. The average Bonchev–Trinajstić information content (AvgIpc) is 2.76. The highest BCUT2D eigenvalue weighted by Crippen LogP contribution is 2.49. The fourth-order valence-corrected chi connectivity index (χ4v) is 6.53. The summed E-state index contributed by atoms with van der Waals surface area (Å²) in [7, 11) is -0.730. The van der Waals surface area contributed by atoms with Crippen molar-refractivity contribution in [1.29, 1.82) is 0 Å². The summed E-state index contributed by atoms with van der Waals surface area (Å²) in [5.74, 6) is 1.83. The molecule has 1 nitrogen and oxygen atoms in total. The Morgan fingerprint density at radius 1 is 0.690 bits per heavy atom. The van der Waals surface area contributed by atoms with Gasteiger partial charge in [0.2, 0.25) is 0 Å². The van der Waals surface area contributed by atoms with Crippen molar-refractivity contribution in [2.24, 2.45) is 0 Å². The van der Waals surface area contributed by atoms with E-state index in [9.17, 15) is 0 Å². The second-order valence-electron chi connectivity index (χ2n) is 7.80. The fraction of sp³-hybridized carbons (Fsp3) is 0.111. The molecule has 141 valence electrons. The molecule has 1 aliphatic rings. The number of fused-ring (bicyclic) bond motifs is 2. The van der Waals surface area contributed by atoms with E-state index in [2.05, 4.69) is 105 Å². The highest BCUT2D eigenvalue weighted by molar-refractivity contribution is 7.80. The zero-order valence-corrected chi connectivity index (χ0v) is 17.5. The second-order valence-corrected chi connectivity index (χ2v) is 9.99. The first kappa shape index (κ1) is 18.2. The molecule has 2 heteroatoms. The standard InChI is InChI=1S/C27H22OP/c1-27(2)22-16-9-10-18-24(22)28-26-23(27)17-11-19-25(26)29(20-12-5-3-6-13-20)21-14-7-4-8-15-21/h3-17,19H,1-2H3. The maximum atomic E-state index is 6.53. The van der Waals surface area contributed by atoms with Crippen LogP contribution in [0.4, 0.5) is 0 Å². The number of rotatable bonds is 3. The van der Waals surface area contributed by atoms with Crippen molar-refractivity contribution < 1.29 is 4.74 Å². The van der Waals surface area contributed by atoms with Gasteiger partial charge in [-0.25, -0.2) is 0 Å². The smallest absolute Gasteiger partial charge is 0.139 e. The lowest BCUT2D eigenvalue weighted by atomic mass is 9.76. The topological polar surface area (TPSA) is 9.23 Å².